The largest absolute Gasteiger partial charge is 0.497 e. The van der Waals surface area contributed by atoms with E-state index in [1.807, 2.05) is 48.9 Å². The number of methoxy groups -OCH3 is 1. The van der Waals surface area contributed by atoms with E-state index in [9.17, 15) is 14.4 Å². The molecule has 1 N–H and O–H groups in total. The molecule has 3 aromatic rings. The first kappa shape index (κ1) is 23.3. The van der Waals surface area contributed by atoms with E-state index in [0.717, 1.165) is 39.3 Å². The molecule has 1 fully saturated rings. The van der Waals surface area contributed by atoms with Gasteiger partial charge in [0.15, 0.2) is 0 Å². The maximum atomic E-state index is 12.7. The summed E-state index contributed by atoms with van der Waals surface area (Å²) >= 11 is 0.890. The van der Waals surface area contributed by atoms with E-state index in [0.29, 0.717) is 16.2 Å². The molecule has 1 aliphatic heterocycles. The Balaban J connectivity index is 1.33. The molecule has 0 saturated carbocycles. The van der Waals surface area contributed by atoms with E-state index in [4.69, 9.17) is 4.74 Å². The van der Waals surface area contributed by atoms with Crippen molar-refractivity contribution in [1.29, 1.82) is 0 Å². The average molecular weight is 477 g/mol. The molecule has 3 amide bonds. The lowest BCUT2D eigenvalue weighted by Gasteiger charge is -2.13. The van der Waals surface area contributed by atoms with Crippen LogP contribution < -0.4 is 10.1 Å². The van der Waals surface area contributed by atoms with Gasteiger partial charge in [0, 0.05) is 24.3 Å². The Morgan fingerprint density at radius 1 is 1.09 bits per heavy atom. The molecule has 0 bridgehead atoms. The molecule has 1 aromatic heterocycles. The van der Waals surface area contributed by atoms with Gasteiger partial charge in [0.1, 0.15) is 5.75 Å². The van der Waals surface area contributed by atoms with Gasteiger partial charge < -0.3 is 10.1 Å². The molecule has 1 saturated heterocycles. The van der Waals surface area contributed by atoms with Crippen LogP contribution in [0.3, 0.4) is 0 Å². The van der Waals surface area contributed by atoms with Crippen LogP contribution in [0.2, 0.25) is 0 Å². The van der Waals surface area contributed by atoms with Crippen molar-refractivity contribution < 1.29 is 19.1 Å². The third-order valence-corrected chi connectivity index (χ3v) is 6.20. The number of imide groups is 1. The fourth-order valence-corrected chi connectivity index (χ4v) is 4.44. The molecule has 2 aromatic carbocycles. The molecular weight excluding hydrogens is 452 g/mol. The highest BCUT2D eigenvalue weighted by molar-refractivity contribution is 8.18. The number of carbonyl (C=O) groups excluding carboxylic acids is 3. The summed E-state index contributed by atoms with van der Waals surface area (Å²) in [5.74, 6) is 0.0669. The summed E-state index contributed by atoms with van der Waals surface area (Å²) in [5, 5.41) is 6.85. The molecule has 34 heavy (non-hydrogen) atoms. The summed E-state index contributed by atoms with van der Waals surface area (Å²) in [6.45, 7) is 4.15. The summed E-state index contributed by atoms with van der Waals surface area (Å²) in [7, 11) is 1.58. The SMILES string of the molecule is COc1ccc(/C=C2/SC(=O)N(CCNC(=O)c3ccc(-n4nc(C)cc4C)cc3)C2=O)cc1. The Morgan fingerprint density at radius 3 is 2.41 bits per heavy atom. The summed E-state index contributed by atoms with van der Waals surface area (Å²) in [6, 6.07) is 16.3. The summed E-state index contributed by atoms with van der Waals surface area (Å²) in [4.78, 5) is 39.0. The second kappa shape index (κ2) is 9.96. The van der Waals surface area contributed by atoms with E-state index in [1.165, 1.54) is 0 Å². The normalized spacial score (nSPS) is 14.7. The number of nitrogens with one attached hydrogen (secondary N) is 1. The van der Waals surface area contributed by atoms with Crippen LogP contribution in [0.25, 0.3) is 11.8 Å². The van der Waals surface area contributed by atoms with Gasteiger partial charge in [-0.15, -0.1) is 0 Å². The lowest BCUT2D eigenvalue weighted by Crippen LogP contribution is -2.37. The fourth-order valence-electron chi connectivity index (χ4n) is 3.57. The Bertz CT molecular complexity index is 1260. The standard InChI is InChI=1S/C25H24N4O4S/c1-16-14-17(2)29(27-16)20-8-6-19(7-9-20)23(30)26-12-13-28-24(31)22(34-25(28)32)15-18-4-10-21(33-3)11-5-18/h4-11,14-15H,12-13H2,1-3H3,(H,26,30)/b22-15+. The molecule has 9 heteroatoms. The molecular formula is C25H24N4O4S. The van der Waals surface area contributed by atoms with Crippen LogP contribution in [-0.4, -0.2) is 51.9 Å². The van der Waals surface area contributed by atoms with Crippen LogP contribution in [0.4, 0.5) is 4.79 Å². The van der Waals surface area contributed by atoms with Crippen LogP contribution in [0, 0.1) is 13.8 Å². The predicted molar refractivity (Wildman–Crippen MR) is 131 cm³/mol. The fraction of sp³-hybridized carbons (Fsp3) is 0.200. The highest BCUT2D eigenvalue weighted by Crippen LogP contribution is 2.32. The zero-order valence-electron chi connectivity index (χ0n) is 19.1. The first-order valence-electron chi connectivity index (χ1n) is 10.7. The van der Waals surface area contributed by atoms with Gasteiger partial charge in [-0.3, -0.25) is 19.3 Å². The van der Waals surface area contributed by atoms with Crippen molar-refractivity contribution in [2.45, 2.75) is 13.8 Å². The van der Waals surface area contributed by atoms with E-state index >= 15 is 0 Å². The van der Waals surface area contributed by atoms with Crippen LogP contribution in [0.1, 0.15) is 27.3 Å². The van der Waals surface area contributed by atoms with Gasteiger partial charge in [0.2, 0.25) is 0 Å². The maximum absolute atomic E-state index is 12.7. The zero-order valence-corrected chi connectivity index (χ0v) is 19.9. The van der Waals surface area contributed by atoms with Crippen molar-refractivity contribution in [3.63, 3.8) is 0 Å². The van der Waals surface area contributed by atoms with Gasteiger partial charge in [-0.2, -0.15) is 5.10 Å². The monoisotopic (exact) mass is 476 g/mol. The van der Waals surface area contributed by atoms with Crippen molar-refractivity contribution in [3.8, 4) is 11.4 Å². The summed E-state index contributed by atoms with van der Waals surface area (Å²) < 4.78 is 6.94. The Morgan fingerprint density at radius 2 is 1.79 bits per heavy atom. The second-order valence-electron chi connectivity index (χ2n) is 7.75. The number of rotatable bonds is 7. The minimum Gasteiger partial charge on any atom is -0.497 e. The van der Waals surface area contributed by atoms with Crippen molar-refractivity contribution in [3.05, 3.63) is 82.0 Å². The predicted octanol–water partition coefficient (Wildman–Crippen LogP) is 3.96. The highest BCUT2D eigenvalue weighted by Gasteiger charge is 2.34. The number of carbonyl (C=O) groups is 3. The summed E-state index contributed by atoms with van der Waals surface area (Å²) in [6.07, 6.45) is 1.67. The molecule has 0 atom stereocenters. The van der Waals surface area contributed by atoms with Crippen molar-refractivity contribution in [1.82, 2.24) is 20.0 Å². The number of aromatic nitrogens is 2. The Kier molecular flexibility index (Phi) is 6.83. The average Bonchev–Trinajstić information content (AvgIpc) is 3.31. The molecule has 174 valence electrons. The zero-order chi connectivity index (χ0) is 24.2. The van der Waals surface area contributed by atoms with Crippen molar-refractivity contribution >= 4 is 34.9 Å². The minimum absolute atomic E-state index is 0.0974. The highest BCUT2D eigenvalue weighted by atomic mass is 32.2. The molecule has 0 aliphatic carbocycles. The van der Waals surface area contributed by atoms with Crippen molar-refractivity contribution in [2.24, 2.45) is 0 Å². The van der Waals surface area contributed by atoms with E-state index in [-0.39, 0.29) is 30.1 Å². The lowest BCUT2D eigenvalue weighted by molar-refractivity contribution is -0.122. The molecule has 0 radical (unpaired) electrons. The molecule has 0 unspecified atom stereocenters. The second-order valence-corrected chi connectivity index (χ2v) is 8.74. The molecule has 0 spiro atoms. The number of hydrogen-bond donors (Lipinski definition) is 1. The number of amides is 3. The third-order valence-electron chi connectivity index (χ3n) is 5.29. The van der Waals surface area contributed by atoms with Gasteiger partial charge in [0.05, 0.1) is 23.4 Å². The van der Waals surface area contributed by atoms with E-state index in [2.05, 4.69) is 10.4 Å². The number of hydrogen-bond acceptors (Lipinski definition) is 6. The third kappa shape index (κ3) is 5.04. The van der Waals surface area contributed by atoms with E-state index < -0.39 is 0 Å². The molecule has 4 rings (SSSR count). The van der Waals surface area contributed by atoms with Crippen LogP contribution in [0.5, 0.6) is 5.75 Å². The summed E-state index contributed by atoms with van der Waals surface area (Å²) in [5.41, 5.74) is 4.07. The van der Waals surface area contributed by atoms with Crippen molar-refractivity contribution in [2.75, 3.05) is 20.2 Å². The Hall–Kier alpha value is -3.85. The van der Waals surface area contributed by atoms with Gasteiger partial charge in [-0.05, 0) is 79.7 Å². The van der Waals surface area contributed by atoms with E-state index in [1.54, 1.807) is 37.5 Å². The smallest absolute Gasteiger partial charge is 0.293 e. The quantitative estimate of drug-likeness (QED) is 0.519. The number of thioether (sulfide) groups is 1. The topological polar surface area (TPSA) is 93.5 Å². The van der Waals surface area contributed by atoms with Crippen LogP contribution in [-0.2, 0) is 4.79 Å². The minimum atomic E-state index is -0.366. The van der Waals surface area contributed by atoms with Gasteiger partial charge in [-0.1, -0.05) is 12.1 Å². The first-order chi connectivity index (χ1) is 16.4. The maximum Gasteiger partial charge on any atom is 0.293 e. The van der Waals surface area contributed by atoms with Gasteiger partial charge >= 0.3 is 0 Å². The first-order valence-corrected chi connectivity index (χ1v) is 11.5. The Labute approximate surface area is 201 Å². The number of aryl methyl sites for hydroxylation is 2. The van der Waals surface area contributed by atoms with Gasteiger partial charge in [-0.25, -0.2) is 4.68 Å². The number of benzene rings is 2. The molecule has 2 heterocycles. The number of nitrogens with zero attached hydrogens (tertiary/aromatic N) is 3. The van der Waals surface area contributed by atoms with Crippen LogP contribution >= 0.6 is 11.8 Å². The van der Waals surface area contributed by atoms with Crippen LogP contribution in [0.15, 0.2) is 59.5 Å². The van der Waals surface area contributed by atoms with Gasteiger partial charge in [0.25, 0.3) is 17.1 Å². The number of ether oxygens (including phenoxy) is 1. The molecule has 8 nitrogen and oxygen atoms in total. The molecule has 1 aliphatic rings. The lowest BCUT2D eigenvalue weighted by atomic mass is 10.2.